The van der Waals surface area contributed by atoms with E-state index in [-0.39, 0.29) is 0 Å². The molecule has 0 atom stereocenters. The number of nitrogens with zero attached hydrogens (tertiary/aromatic N) is 1. The molecule has 0 amide bonds. The van der Waals surface area contributed by atoms with Crippen LogP contribution in [0.3, 0.4) is 0 Å². The van der Waals surface area contributed by atoms with E-state index in [2.05, 4.69) is 18.7 Å². The summed E-state index contributed by atoms with van der Waals surface area (Å²) in [5.74, 6) is 2.18. The molecular weight excluding hydrogens is 206 g/mol. The molecule has 0 spiro atoms. The zero-order valence-corrected chi connectivity index (χ0v) is 12.0. The van der Waals surface area contributed by atoms with Gasteiger partial charge in [-0.3, -0.25) is 0 Å². The van der Waals surface area contributed by atoms with Crippen LogP contribution in [0.15, 0.2) is 0 Å². The molecule has 0 aromatic carbocycles. The predicted octanol–water partition coefficient (Wildman–Crippen LogP) is 4.47. The van der Waals surface area contributed by atoms with Crippen molar-refractivity contribution in [1.82, 2.24) is 4.90 Å². The van der Waals surface area contributed by atoms with E-state index in [1.807, 2.05) is 0 Å². The Balaban J connectivity index is 1.76. The van der Waals surface area contributed by atoms with Gasteiger partial charge in [-0.05, 0) is 50.6 Å². The molecule has 100 valence electrons. The van der Waals surface area contributed by atoms with Crippen LogP contribution in [-0.2, 0) is 0 Å². The molecule has 2 fully saturated rings. The lowest BCUT2D eigenvalue weighted by atomic mass is 9.72. The average molecular weight is 237 g/mol. The summed E-state index contributed by atoms with van der Waals surface area (Å²) in [4.78, 5) is 2.68. The Morgan fingerprint density at radius 2 is 1.24 bits per heavy atom. The Hall–Kier alpha value is -0.0400. The second kappa shape index (κ2) is 6.78. The van der Waals surface area contributed by atoms with Gasteiger partial charge in [0.25, 0.3) is 0 Å². The lowest BCUT2D eigenvalue weighted by Gasteiger charge is -2.39. The fourth-order valence-electron chi connectivity index (χ4n) is 4.28. The van der Waals surface area contributed by atoms with Crippen molar-refractivity contribution in [2.45, 2.75) is 77.7 Å². The molecule has 0 unspecified atom stereocenters. The van der Waals surface area contributed by atoms with Crippen LogP contribution < -0.4 is 0 Å². The van der Waals surface area contributed by atoms with E-state index in [0.717, 1.165) is 17.9 Å². The van der Waals surface area contributed by atoms with Crippen LogP contribution in [0.25, 0.3) is 0 Å². The number of hydrogen-bond acceptors (Lipinski definition) is 1. The molecule has 0 aliphatic heterocycles. The first kappa shape index (κ1) is 13.4. The van der Waals surface area contributed by atoms with Gasteiger partial charge in [0.2, 0.25) is 0 Å². The first-order chi connectivity index (χ1) is 8.35. The van der Waals surface area contributed by atoms with Crippen LogP contribution in [0.5, 0.6) is 0 Å². The van der Waals surface area contributed by atoms with Gasteiger partial charge in [-0.2, -0.15) is 0 Å². The third-order valence-corrected chi connectivity index (χ3v) is 5.39. The highest BCUT2D eigenvalue weighted by molar-refractivity contribution is 4.83. The van der Waals surface area contributed by atoms with Crippen molar-refractivity contribution in [3.63, 3.8) is 0 Å². The fourth-order valence-corrected chi connectivity index (χ4v) is 4.28. The van der Waals surface area contributed by atoms with Crippen LogP contribution in [0.2, 0.25) is 0 Å². The zero-order valence-electron chi connectivity index (χ0n) is 12.0. The summed E-state index contributed by atoms with van der Waals surface area (Å²) in [7, 11) is 0. The van der Waals surface area contributed by atoms with Crippen molar-refractivity contribution in [1.29, 1.82) is 0 Å². The van der Waals surface area contributed by atoms with E-state index < -0.39 is 0 Å². The molecule has 0 bridgehead atoms. The smallest absolute Gasteiger partial charge is 0.00952 e. The maximum atomic E-state index is 2.68. The van der Waals surface area contributed by atoms with Gasteiger partial charge >= 0.3 is 0 Å². The summed E-state index contributed by atoms with van der Waals surface area (Å²) in [6, 6.07) is 0.907. The normalized spacial score (nSPS) is 31.9. The zero-order chi connectivity index (χ0) is 12.1. The van der Waals surface area contributed by atoms with Crippen LogP contribution in [-0.4, -0.2) is 24.0 Å². The molecule has 1 nitrogen and oxygen atoms in total. The first-order valence-electron chi connectivity index (χ1n) is 8.09. The topological polar surface area (TPSA) is 3.24 Å². The summed E-state index contributed by atoms with van der Waals surface area (Å²) >= 11 is 0. The molecule has 1 heteroatoms. The fraction of sp³-hybridized carbons (Fsp3) is 1.00. The van der Waals surface area contributed by atoms with Crippen molar-refractivity contribution in [2.75, 3.05) is 13.1 Å². The second-order valence-corrected chi connectivity index (χ2v) is 6.19. The van der Waals surface area contributed by atoms with Crippen LogP contribution >= 0.6 is 0 Å². The van der Waals surface area contributed by atoms with Crippen molar-refractivity contribution in [3.05, 3.63) is 0 Å². The summed E-state index contributed by atoms with van der Waals surface area (Å²) in [6.07, 6.45) is 13.6. The van der Waals surface area contributed by atoms with Gasteiger partial charge in [-0.25, -0.2) is 0 Å². The minimum atomic E-state index is 0.907. The Morgan fingerprint density at radius 3 is 1.76 bits per heavy atom. The highest BCUT2D eigenvalue weighted by atomic mass is 15.1. The van der Waals surface area contributed by atoms with Crippen molar-refractivity contribution < 1.29 is 0 Å². The lowest BCUT2D eigenvalue weighted by Crippen LogP contribution is -2.39. The maximum Gasteiger partial charge on any atom is 0.00952 e. The molecule has 0 radical (unpaired) electrons. The quantitative estimate of drug-likeness (QED) is 0.697. The molecule has 0 heterocycles. The van der Waals surface area contributed by atoms with Crippen LogP contribution in [0.4, 0.5) is 0 Å². The molecule has 2 aliphatic rings. The average Bonchev–Trinajstić information content (AvgIpc) is 2.42. The summed E-state index contributed by atoms with van der Waals surface area (Å²) < 4.78 is 0. The van der Waals surface area contributed by atoms with Gasteiger partial charge in [-0.15, -0.1) is 0 Å². The molecule has 2 saturated carbocycles. The van der Waals surface area contributed by atoms with E-state index in [4.69, 9.17) is 0 Å². The largest absolute Gasteiger partial charge is 0.301 e. The summed E-state index contributed by atoms with van der Waals surface area (Å²) in [5.41, 5.74) is 0. The molecule has 0 N–H and O–H groups in total. The Morgan fingerprint density at radius 1 is 0.706 bits per heavy atom. The molecule has 2 aliphatic carbocycles. The molecule has 0 aromatic heterocycles. The van der Waals surface area contributed by atoms with Gasteiger partial charge < -0.3 is 4.90 Å². The Labute approximate surface area is 108 Å². The van der Waals surface area contributed by atoms with Crippen molar-refractivity contribution in [2.24, 2.45) is 11.8 Å². The standard InChI is InChI=1S/C16H31N/c1-3-17(4-2)16-12-10-15(11-13-16)14-8-6-5-7-9-14/h14-16H,3-13H2,1-2H3. The van der Waals surface area contributed by atoms with E-state index in [0.29, 0.717) is 0 Å². The summed E-state index contributed by atoms with van der Waals surface area (Å²) in [6.45, 7) is 7.12. The molecule has 0 saturated heterocycles. The third-order valence-electron chi connectivity index (χ3n) is 5.39. The maximum absolute atomic E-state index is 2.68. The Bertz CT molecular complexity index is 196. The SMILES string of the molecule is CCN(CC)C1CCC(C2CCCCC2)CC1. The third kappa shape index (κ3) is 3.47. The van der Waals surface area contributed by atoms with Crippen molar-refractivity contribution >= 4 is 0 Å². The lowest BCUT2D eigenvalue weighted by molar-refractivity contribution is 0.114. The van der Waals surface area contributed by atoms with E-state index >= 15 is 0 Å². The molecule has 0 aromatic rings. The van der Waals surface area contributed by atoms with Gasteiger partial charge in [0.05, 0.1) is 0 Å². The number of hydrogen-bond donors (Lipinski definition) is 0. The van der Waals surface area contributed by atoms with Gasteiger partial charge in [0.15, 0.2) is 0 Å². The second-order valence-electron chi connectivity index (χ2n) is 6.19. The molecular formula is C16H31N. The van der Waals surface area contributed by atoms with Gasteiger partial charge in [0, 0.05) is 6.04 Å². The summed E-state index contributed by atoms with van der Waals surface area (Å²) in [5, 5.41) is 0. The molecule has 17 heavy (non-hydrogen) atoms. The van der Waals surface area contributed by atoms with Gasteiger partial charge in [0.1, 0.15) is 0 Å². The predicted molar refractivity (Wildman–Crippen MR) is 75.2 cm³/mol. The monoisotopic (exact) mass is 237 g/mol. The van der Waals surface area contributed by atoms with E-state index in [1.165, 1.54) is 58.0 Å². The molecule has 2 rings (SSSR count). The first-order valence-corrected chi connectivity index (χ1v) is 8.09. The van der Waals surface area contributed by atoms with Gasteiger partial charge in [-0.1, -0.05) is 46.0 Å². The van der Waals surface area contributed by atoms with E-state index in [9.17, 15) is 0 Å². The van der Waals surface area contributed by atoms with Crippen LogP contribution in [0, 0.1) is 11.8 Å². The van der Waals surface area contributed by atoms with Crippen LogP contribution in [0.1, 0.15) is 71.6 Å². The van der Waals surface area contributed by atoms with Crippen molar-refractivity contribution in [3.8, 4) is 0 Å². The Kier molecular flexibility index (Phi) is 5.34. The highest BCUT2D eigenvalue weighted by Gasteiger charge is 2.29. The minimum absolute atomic E-state index is 0.907. The number of rotatable bonds is 4. The minimum Gasteiger partial charge on any atom is -0.301 e. The van der Waals surface area contributed by atoms with E-state index in [1.54, 1.807) is 12.8 Å². The highest BCUT2D eigenvalue weighted by Crippen LogP contribution is 2.39.